The Bertz CT molecular complexity index is 347. The number of benzene rings is 1. The Balaban J connectivity index is 2.23. The summed E-state index contributed by atoms with van der Waals surface area (Å²) >= 11 is 1.86. The monoisotopic (exact) mass is 226 g/mol. The molecule has 2 rings (SSSR count). The summed E-state index contributed by atoms with van der Waals surface area (Å²) in [6.07, 6.45) is 0.526. The molecule has 1 aromatic carbocycles. The lowest BCUT2D eigenvalue weighted by Gasteiger charge is -2.19. The van der Waals surface area contributed by atoms with Crippen molar-refractivity contribution < 1.29 is 9.50 Å². The molecular weight excluding hydrogens is 211 g/mol. The summed E-state index contributed by atoms with van der Waals surface area (Å²) in [6, 6.07) is 4.63. The first-order valence-electron chi connectivity index (χ1n) is 5.20. The molecule has 1 aliphatic rings. The number of hydrogen-bond donors (Lipinski definition) is 1. The molecule has 1 N–H and O–H groups in total. The molecule has 1 fully saturated rings. The lowest BCUT2D eigenvalue weighted by atomic mass is 9.92. The largest absolute Gasteiger partial charge is 0.388 e. The molecule has 0 radical (unpaired) electrons. The number of aryl methyl sites for hydroxylation is 1. The zero-order chi connectivity index (χ0) is 10.8. The van der Waals surface area contributed by atoms with Gasteiger partial charge in [0.25, 0.3) is 0 Å². The van der Waals surface area contributed by atoms with E-state index in [0.717, 1.165) is 29.1 Å². The molecule has 15 heavy (non-hydrogen) atoms. The van der Waals surface area contributed by atoms with E-state index in [4.69, 9.17) is 0 Å². The van der Waals surface area contributed by atoms with Gasteiger partial charge in [0.2, 0.25) is 0 Å². The van der Waals surface area contributed by atoms with Crippen LogP contribution in [0.1, 0.15) is 23.7 Å². The number of thioether (sulfide) groups is 1. The van der Waals surface area contributed by atoms with Gasteiger partial charge in [-0.25, -0.2) is 4.39 Å². The maximum atomic E-state index is 13.1. The van der Waals surface area contributed by atoms with Crippen molar-refractivity contribution in [2.45, 2.75) is 19.4 Å². The van der Waals surface area contributed by atoms with E-state index in [1.165, 1.54) is 12.1 Å². The maximum Gasteiger partial charge on any atom is 0.123 e. The van der Waals surface area contributed by atoms with Gasteiger partial charge in [-0.15, -0.1) is 0 Å². The Labute approximate surface area is 93.7 Å². The average molecular weight is 226 g/mol. The molecule has 1 aliphatic heterocycles. The van der Waals surface area contributed by atoms with E-state index >= 15 is 0 Å². The standard InChI is InChI=1S/C12H15FOS/c1-8-2-3-10(13)6-11(8)12(14)9-4-5-15-7-9/h2-3,6,9,12,14H,4-5,7H2,1H3. The third kappa shape index (κ3) is 2.34. The third-order valence-corrected chi connectivity index (χ3v) is 4.16. The SMILES string of the molecule is Cc1ccc(F)cc1C(O)C1CCSC1. The lowest BCUT2D eigenvalue weighted by molar-refractivity contribution is 0.120. The van der Waals surface area contributed by atoms with E-state index in [0.29, 0.717) is 0 Å². The van der Waals surface area contributed by atoms with Gasteiger partial charge in [0.05, 0.1) is 6.10 Å². The highest BCUT2D eigenvalue weighted by molar-refractivity contribution is 7.99. The molecule has 3 heteroatoms. The van der Waals surface area contributed by atoms with E-state index in [2.05, 4.69) is 0 Å². The predicted octanol–water partition coefficient (Wildman–Crippen LogP) is 2.92. The molecule has 1 heterocycles. The van der Waals surface area contributed by atoms with Crippen molar-refractivity contribution in [2.75, 3.05) is 11.5 Å². The summed E-state index contributed by atoms with van der Waals surface area (Å²) in [4.78, 5) is 0. The number of aliphatic hydroxyl groups excluding tert-OH is 1. The van der Waals surface area contributed by atoms with Gasteiger partial charge >= 0.3 is 0 Å². The van der Waals surface area contributed by atoms with Gasteiger partial charge < -0.3 is 5.11 Å². The van der Waals surface area contributed by atoms with Crippen LogP contribution in [0.3, 0.4) is 0 Å². The molecule has 0 saturated carbocycles. The lowest BCUT2D eigenvalue weighted by Crippen LogP contribution is -2.13. The van der Waals surface area contributed by atoms with Crippen molar-refractivity contribution in [1.82, 2.24) is 0 Å². The fraction of sp³-hybridized carbons (Fsp3) is 0.500. The highest BCUT2D eigenvalue weighted by atomic mass is 32.2. The van der Waals surface area contributed by atoms with Crippen LogP contribution in [0.5, 0.6) is 0 Å². The summed E-state index contributed by atoms with van der Waals surface area (Å²) in [5.41, 5.74) is 1.73. The highest BCUT2D eigenvalue weighted by Crippen LogP contribution is 2.35. The molecule has 0 spiro atoms. The van der Waals surface area contributed by atoms with Crippen LogP contribution in [-0.4, -0.2) is 16.6 Å². The van der Waals surface area contributed by atoms with Gasteiger partial charge in [0.1, 0.15) is 5.82 Å². The molecule has 2 unspecified atom stereocenters. The molecule has 0 aromatic heterocycles. The normalized spacial score (nSPS) is 23.0. The first kappa shape index (κ1) is 11.0. The van der Waals surface area contributed by atoms with Gasteiger partial charge in [-0.2, -0.15) is 11.8 Å². The Hall–Kier alpha value is -0.540. The second kappa shape index (κ2) is 4.54. The van der Waals surface area contributed by atoms with Gasteiger partial charge in [-0.05, 0) is 54.0 Å². The fourth-order valence-electron chi connectivity index (χ4n) is 1.99. The minimum Gasteiger partial charge on any atom is -0.388 e. The second-order valence-electron chi connectivity index (χ2n) is 4.07. The summed E-state index contributed by atoms with van der Waals surface area (Å²) < 4.78 is 13.1. The zero-order valence-corrected chi connectivity index (χ0v) is 9.56. The summed E-state index contributed by atoms with van der Waals surface area (Å²) in [6.45, 7) is 1.92. The van der Waals surface area contributed by atoms with Gasteiger partial charge in [0, 0.05) is 0 Å². The highest BCUT2D eigenvalue weighted by Gasteiger charge is 2.26. The van der Waals surface area contributed by atoms with Crippen molar-refractivity contribution in [1.29, 1.82) is 0 Å². The van der Waals surface area contributed by atoms with E-state index < -0.39 is 6.10 Å². The van der Waals surface area contributed by atoms with Crippen LogP contribution in [0.25, 0.3) is 0 Å². The smallest absolute Gasteiger partial charge is 0.123 e. The number of rotatable bonds is 2. The first-order valence-corrected chi connectivity index (χ1v) is 6.36. The van der Waals surface area contributed by atoms with Crippen molar-refractivity contribution in [3.8, 4) is 0 Å². The molecular formula is C12H15FOS. The summed E-state index contributed by atoms with van der Waals surface area (Å²) in [5, 5.41) is 10.1. The van der Waals surface area contributed by atoms with E-state index in [1.807, 2.05) is 18.7 Å². The summed E-state index contributed by atoms with van der Waals surface area (Å²) in [7, 11) is 0. The molecule has 2 atom stereocenters. The fourth-order valence-corrected chi connectivity index (χ4v) is 3.27. The minimum absolute atomic E-state index is 0.264. The topological polar surface area (TPSA) is 20.2 Å². The van der Waals surface area contributed by atoms with Crippen molar-refractivity contribution in [2.24, 2.45) is 5.92 Å². The van der Waals surface area contributed by atoms with Crippen molar-refractivity contribution >= 4 is 11.8 Å². The Morgan fingerprint density at radius 2 is 2.33 bits per heavy atom. The first-order chi connectivity index (χ1) is 7.18. The molecule has 0 amide bonds. The molecule has 1 aromatic rings. The van der Waals surface area contributed by atoms with Crippen LogP contribution in [-0.2, 0) is 0 Å². The van der Waals surface area contributed by atoms with Crippen LogP contribution < -0.4 is 0 Å². The maximum absolute atomic E-state index is 13.1. The zero-order valence-electron chi connectivity index (χ0n) is 8.74. The second-order valence-corrected chi connectivity index (χ2v) is 5.22. The average Bonchev–Trinajstić information content (AvgIpc) is 2.74. The molecule has 0 bridgehead atoms. The van der Waals surface area contributed by atoms with Crippen molar-refractivity contribution in [3.05, 3.63) is 35.1 Å². The molecule has 0 aliphatic carbocycles. The Morgan fingerprint density at radius 3 is 3.00 bits per heavy atom. The number of halogens is 1. The van der Waals surface area contributed by atoms with Crippen LogP contribution >= 0.6 is 11.8 Å². The van der Waals surface area contributed by atoms with E-state index in [9.17, 15) is 9.50 Å². The van der Waals surface area contributed by atoms with Gasteiger partial charge in [0.15, 0.2) is 0 Å². The van der Waals surface area contributed by atoms with Crippen LogP contribution in [0.4, 0.5) is 4.39 Å². The van der Waals surface area contributed by atoms with Crippen molar-refractivity contribution in [3.63, 3.8) is 0 Å². The summed E-state index contributed by atoms with van der Waals surface area (Å²) in [5.74, 6) is 2.11. The third-order valence-electron chi connectivity index (χ3n) is 2.97. The quantitative estimate of drug-likeness (QED) is 0.836. The van der Waals surface area contributed by atoms with Gasteiger partial charge in [-0.1, -0.05) is 6.07 Å². The van der Waals surface area contributed by atoms with E-state index in [-0.39, 0.29) is 11.7 Å². The van der Waals surface area contributed by atoms with Crippen LogP contribution in [0.15, 0.2) is 18.2 Å². The Morgan fingerprint density at radius 1 is 1.53 bits per heavy atom. The number of hydrogen-bond acceptors (Lipinski definition) is 2. The minimum atomic E-state index is -0.504. The number of aliphatic hydroxyl groups is 1. The van der Waals surface area contributed by atoms with Gasteiger partial charge in [-0.3, -0.25) is 0 Å². The van der Waals surface area contributed by atoms with Crippen LogP contribution in [0.2, 0.25) is 0 Å². The molecule has 1 nitrogen and oxygen atoms in total. The van der Waals surface area contributed by atoms with Crippen LogP contribution in [0, 0.1) is 18.7 Å². The molecule has 82 valence electrons. The predicted molar refractivity (Wildman–Crippen MR) is 61.5 cm³/mol. The molecule has 1 saturated heterocycles. The van der Waals surface area contributed by atoms with E-state index in [1.54, 1.807) is 6.07 Å². The Kier molecular flexibility index (Phi) is 3.32.